The van der Waals surface area contributed by atoms with E-state index >= 15 is 0 Å². The molecule has 0 saturated carbocycles. The Balaban J connectivity index is 2.30. The number of carbonyl (C=O) groups excluding carboxylic acids is 1. The molecule has 2 atom stereocenters. The van der Waals surface area contributed by atoms with Crippen LogP contribution in [0.1, 0.15) is 15.9 Å². The normalized spacial score (nSPS) is 21.5. The molecule has 1 aromatic rings. The summed E-state index contributed by atoms with van der Waals surface area (Å²) in [7, 11) is 0. The molecule has 0 bridgehead atoms. The molecule has 1 aromatic carbocycles. The van der Waals surface area contributed by atoms with E-state index in [0.717, 1.165) is 0 Å². The van der Waals surface area contributed by atoms with Crippen molar-refractivity contribution in [1.29, 1.82) is 5.26 Å². The number of hydrogen-bond acceptors (Lipinski definition) is 3. The van der Waals surface area contributed by atoms with E-state index in [1.807, 2.05) is 6.07 Å². The number of nitriles is 1. The molecule has 2 rings (SSSR count). The van der Waals surface area contributed by atoms with Gasteiger partial charge >= 0.3 is 6.18 Å². The monoisotopic (exact) mass is 319 g/mol. The maximum atomic E-state index is 13.8. The summed E-state index contributed by atoms with van der Waals surface area (Å²) in [5.74, 6) is -5.46. The van der Waals surface area contributed by atoms with Crippen LogP contribution in [0.25, 0.3) is 0 Å². The van der Waals surface area contributed by atoms with E-state index in [1.54, 1.807) is 0 Å². The van der Waals surface area contributed by atoms with E-state index < -0.39 is 46.8 Å². The standard InChI is InChI=1S/C13H10F5N3O/c14-8-2-1-7(11(15)10(8)13(16,17)18)12(22)21-9-5-20-4-6(9)3-19/h1-2,6,9,20H,4-5H2,(H,21,22). The molecule has 9 heteroatoms. The molecule has 118 valence electrons. The average molecular weight is 319 g/mol. The van der Waals surface area contributed by atoms with Crippen molar-refractivity contribution in [3.05, 3.63) is 34.9 Å². The largest absolute Gasteiger partial charge is 0.422 e. The lowest BCUT2D eigenvalue weighted by Crippen LogP contribution is -2.40. The Labute approximate surface area is 121 Å². The average Bonchev–Trinajstić information content (AvgIpc) is 2.84. The van der Waals surface area contributed by atoms with Gasteiger partial charge in [0.15, 0.2) is 5.82 Å². The first-order valence-electron chi connectivity index (χ1n) is 6.22. The maximum absolute atomic E-state index is 13.8. The number of carbonyl (C=O) groups is 1. The van der Waals surface area contributed by atoms with Crippen molar-refractivity contribution in [3.63, 3.8) is 0 Å². The van der Waals surface area contributed by atoms with Gasteiger partial charge in [0.05, 0.1) is 23.6 Å². The minimum Gasteiger partial charge on any atom is -0.347 e. The van der Waals surface area contributed by atoms with Crippen molar-refractivity contribution in [2.24, 2.45) is 5.92 Å². The van der Waals surface area contributed by atoms with E-state index in [1.165, 1.54) is 0 Å². The molecule has 4 nitrogen and oxygen atoms in total. The van der Waals surface area contributed by atoms with Gasteiger partial charge in [-0.2, -0.15) is 18.4 Å². The molecule has 2 unspecified atom stereocenters. The highest BCUT2D eigenvalue weighted by molar-refractivity contribution is 5.95. The first-order valence-corrected chi connectivity index (χ1v) is 6.22. The lowest BCUT2D eigenvalue weighted by atomic mass is 10.0. The molecule has 2 N–H and O–H groups in total. The smallest absolute Gasteiger partial charge is 0.347 e. The quantitative estimate of drug-likeness (QED) is 0.818. The predicted octanol–water partition coefficient (Wildman–Crippen LogP) is 1.82. The Bertz CT molecular complexity index is 638. The van der Waals surface area contributed by atoms with Gasteiger partial charge < -0.3 is 10.6 Å². The van der Waals surface area contributed by atoms with Gasteiger partial charge in [0.1, 0.15) is 11.4 Å². The van der Waals surface area contributed by atoms with Gasteiger partial charge in [-0.1, -0.05) is 0 Å². The third-order valence-corrected chi connectivity index (χ3v) is 3.32. The second-order valence-electron chi connectivity index (χ2n) is 4.76. The highest BCUT2D eigenvalue weighted by Gasteiger charge is 2.40. The summed E-state index contributed by atoms with van der Waals surface area (Å²) in [5.41, 5.74) is -3.03. The third-order valence-electron chi connectivity index (χ3n) is 3.32. The number of hydrogen-bond donors (Lipinski definition) is 2. The molecule has 0 spiro atoms. The first kappa shape index (κ1) is 16.2. The van der Waals surface area contributed by atoms with E-state index in [-0.39, 0.29) is 6.54 Å². The number of benzene rings is 1. The van der Waals surface area contributed by atoms with Crippen LogP contribution in [-0.2, 0) is 6.18 Å². The van der Waals surface area contributed by atoms with Crippen LogP contribution in [0.4, 0.5) is 22.0 Å². The van der Waals surface area contributed by atoms with Gasteiger partial charge in [-0.25, -0.2) is 8.78 Å². The molecule has 1 amide bonds. The molecule has 22 heavy (non-hydrogen) atoms. The van der Waals surface area contributed by atoms with Gasteiger partial charge in [-0.3, -0.25) is 4.79 Å². The predicted molar refractivity (Wildman–Crippen MR) is 64.6 cm³/mol. The molecule has 1 aliphatic rings. The Kier molecular flexibility index (Phi) is 4.32. The van der Waals surface area contributed by atoms with Crippen molar-refractivity contribution >= 4 is 5.91 Å². The molecule has 0 aliphatic carbocycles. The summed E-state index contributed by atoms with van der Waals surface area (Å²) in [6.45, 7) is 0.542. The van der Waals surface area contributed by atoms with Crippen LogP contribution in [-0.4, -0.2) is 25.0 Å². The zero-order chi connectivity index (χ0) is 16.5. The Morgan fingerprint density at radius 3 is 2.59 bits per heavy atom. The van der Waals surface area contributed by atoms with Gasteiger partial charge in [-0.05, 0) is 12.1 Å². The fourth-order valence-corrected chi connectivity index (χ4v) is 2.20. The second-order valence-corrected chi connectivity index (χ2v) is 4.76. The summed E-state index contributed by atoms with van der Waals surface area (Å²) in [5, 5.41) is 13.9. The number of alkyl halides is 3. The first-order chi connectivity index (χ1) is 10.3. The van der Waals surface area contributed by atoms with Crippen LogP contribution in [0.5, 0.6) is 0 Å². The van der Waals surface area contributed by atoms with Crippen molar-refractivity contribution in [3.8, 4) is 6.07 Å². The molecule has 1 saturated heterocycles. The molecule has 0 radical (unpaired) electrons. The molecule has 1 aliphatic heterocycles. The summed E-state index contributed by atoms with van der Waals surface area (Å²) in [6, 6.07) is 2.29. The number of rotatable bonds is 2. The molecule has 0 aromatic heterocycles. The van der Waals surface area contributed by atoms with Crippen LogP contribution < -0.4 is 10.6 Å². The second kappa shape index (κ2) is 5.88. The van der Waals surface area contributed by atoms with Crippen LogP contribution >= 0.6 is 0 Å². The Morgan fingerprint density at radius 1 is 1.32 bits per heavy atom. The maximum Gasteiger partial charge on any atom is 0.422 e. The van der Waals surface area contributed by atoms with Crippen molar-refractivity contribution in [1.82, 2.24) is 10.6 Å². The van der Waals surface area contributed by atoms with Crippen molar-refractivity contribution in [2.75, 3.05) is 13.1 Å². The minimum atomic E-state index is -5.26. The summed E-state index contributed by atoms with van der Waals surface area (Å²) >= 11 is 0. The van der Waals surface area contributed by atoms with Gasteiger partial charge in [0, 0.05) is 13.1 Å². The van der Waals surface area contributed by atoms with Crippen LogP contribution in [0.3, 0.4) is 0 Å². The summed E-state index contributed by atoms with van der Waals surface area (Å²) in [4.78, 5) is 11.9. The Hall–Kier alpha value is -2.21. The van der Waals surface area contributed by atoms with Crippen LogP contribution in [0, 0.1) is 28.9 Å². The Morgan fingerprint density at radius 2 is 2.00 bits per heavy atom. The van der Waals surface area contributed by atoms with E-state index in [0.29, 0.717) is 18.7 Å². The SMILES string of the molecule is N#CC1CNCC1NC(=O)c1ccc(F)c(C(F)(F)F)c1F. The topological polar surface area (TPSA) is 64.9 Å². The zero-order valence-corrected chi connectivity index (χ0v) is 11.0. The lowest BCUT2D eigenvalue weighted by molar-refractivity contribution is -0.142. The van der Waals surface area contributed by atoms with Gasteiger partial charge in [-0.15, -0.1) is 0 Å². The molecular weight excluding hydrogens is 309 g/mol. The summed E-state index contributed by atoms with van der Waals surface area (Å²) in [6.07, 6.45) is -5.26. The van der Waals surface area contributed by atoms with E-state index in [2.05, 4.69) is 10.6 Å². The highest BCUT2D eigenvalue weighted by atomic mass is 19.4. The van der Waals surface area contributed by atoms with E-state index in [4.69, 9.17) is 5.26 Å². The van der Waals surface area contributed by atoms with Gasteiger partial charge in [0.2, 0.25) is 0 Å². The fourth-order valence-electron chi connectivity index (χ4n) is 2.20. The van der Waals surface area contributed by atoms with Crippen molar-refractivity contribution < 1.29 is 26.7 Å². The molecule has 1 fully saturated rings. The van der Waals surface area contributed by atoms with Crippen molar-refractivity contribution in [2.45, 2.75) is 12.2 Å². The van der Waals surface area contributed by atoms with E-state index in [9.17, 15) is 26.7 Å². The number of nitrogens with one attached hydrogen (secondary N) is 2. The summed E-state index contributed by atoms with van der Waals surface area (Å²) < 4.78 is 64.8. The third kappa shape index (κ3) is 3.01. The number of halogens is 5. The van der Waals surface area contributed by atoms with Crippen LogP contribution in [0.15, 0.2) is 12.1 Å². The fraction of sp³-hybridized carbons (Fsp3) is 0.385. The van der Waals surface area contributed by atoms with Gasteiger partial charge in [0.25, 0.3) is 5.91 Å². The molecular formula is C13H10F5N3O. The number of amides is 1. The highest BCUT2D eigenvalue weighted by Crippen LogP contribution is 2.34. The van der Waals surface area contributed by atoms with Crippen LogP contribution in [0.2, 0.25) is 0 Å². The number of nitrogens with zero attached hydrogens (tertiary/aromatic N) is 1. The molecule has 1 heterocycles. The minimum absolute atomic E-state index is 0.235. The zero-order valence-electron chi connectivity index (χ0n) is 11.0. The lowest BCUT2D eigenvalue weighted by Gasteiger charge is -2.16.